The van der Waals surface area contributed by atoms with Gasteiger partial charge < -0.3 is 9.13 Å². The van der Waals surface area contributed by atoms with E-state index in [4.69, 9.17) is 0 Å². The van der Waals surface area contributed by atoms with Crippen molar-refractivity contribution >= 4 is 70.3 Å². The first kappa shape index (κ1) is 30.2. The number of hydrogen-bond acceptors (Lipinski definition) is 2. The molecule has 0 spiro atoms. The monoisotopic (exact) mass is 696 g/mol. The summed E-state index contributed by atoms with van der Waals surface area (Å²) in [7, 11) is 0. The minimum atomic E-state index is 0.0860. The molecule has 11 rings (SSSR count). The molecule has 7 aromatic carbocycles. The van der Waals surface area contributed by atoms with Crippen molar-refractivity contribution in [3.05, 3.63) is 185 Å². The summed E-state index contributed by atoms with van der Waals surface area (Å²) < 4.78 is 6.76. The molecule has 0 amide bonds. The van der Waals surface area contributed by atoms with Gasteiger partial charge in [-0.15, -0.1) is 11.3 Å². The van der Waals surface area contributed by atoms with Crippen LogP contribution in [-0.2, 0) is 6.42 Å². The van der Waals surface area contributed by atoms with Crippen LogP contribution in [0.25, 0.3) is 92.6 Å². The maximum absolute atomic E-state index is 13.9. The molecular weight excluding hydrogens is 665 g/mol. The molecule has 1 aliphatic carbocycles. The second kappa shape index (κ2) is 11.8. The molecule has 0 radical (unpaired) electrons. The quantitative estimate of drug-likeness (QED) is 0.168. The third kappa shape index (κ3) is 4.69. The van der Waals surface area contributed by atoms with E-state index in [0.717, 1.165) is 61.0 Å². The third-order valence-electron chi connectivity index (χ3n) is 11.0. The first-order chi connectivity index (χ1) is 26.2. The van der Waals surface area contributed by atoms with Crippen LogP contribution in [0.3, 0.4) is 0 Å². The molecule has 3 aromatic heterocycles. The van der Waals surface area contributed by atoms with Crippen molar-refractivity contribution in [1.82, 2.24) is 9.13 Å². The van der Waals surface area contributed by atoms with Gasteiger partial charge in [0.05, 0.1) is 16.6 Å². The molecule has 3 nitrogen and oxygen atoms in total. The highest BCUT2D eigenvalue weighted by Gasteiger charge is 2.20. The SMILES string of the molecule is O=c1c2ccc(-c3ccc4c(c3)c3c(n4-c4ccccc4)CCC=C3)cc2sc2cc(-c3ccc4c(c3)c3ccccc3n4-c3ccccc3)ccc12. The van der Waals surface area contributed by atoms with Gasteiger partial charge in [0.2, 0.25) is 0 Å². The van der Waals surface area contributed by atoms with Crippen molar-refractivity contribution in [2.45, 2.75) is 12.8 Å². The highest BCUT2D eigenvalue weighted by atomic mass is 32.1. The summed E-state index contributed by atoms with van der Waals surface area (Å²) >= 11 is 1.70. The summed E-state index contributed by atoms with van der Waals surface area (Å²) in [4.78, 5) is 13.9. The molecule has 0 unspecified atom stereocenters. The molecule has 0 atom stereocenters. The maximum Gasteiger partial charge on any atom is 0.195 e. The molecule has 0 aliphatic heterocycles. The Morgan fingerprint density at radius 2 is 0.981 bits per heavy atom. The van der Waals surface area contributed by atoms with Crippen LogP contribution in [0, 0.1) is 0 Å². The van der Waals surface area contributed by atoms with Gasteiger partial charge in [0.25, 0.3) is 0 Å². The summed E-state index contributed by atoms with van der Waals surface area (Å²) in [5.74, 6) is 0. The predicted molar refractivity (Wildman–Crippen MR) is 225 cm³/mol. The third-order valence-corrected chi connectivity index (χ3v) is 12.1. The maximum atomic E-state index is 13.9. The van der Waals surface area contributed by atoms with Gasteiger partial charge in [-0.2, -0.15) is 0 Å². The van der Waals surface area contributed by atoms with E-state index in [9.17, 15) is 4.79 Å². The lowest BCUT2D eigenvalue weighted by molar-refractivity contribution is 0.888. The van der Waals surface area contributed by atoms with E-state index in [2.05, 4.69) is 167 Å². The fourth-order valence-corrected chi connectivity index (χ4v) is 9.64. The van der Waals surface area contributed by atoms with Crippen molar-refractivity contribution in [2.24, 2.45) is 0 Å². The van der Waals surface area contributed by atoms with Gasteiger partial charge in [0, 0.05) is 59.0 Å². The number of nitrogens with zero attached hydrogens (tertiary/aromatic N) is 2. The lowest BCUT2D eigenvalue weighted by Gasteiger charge is -2.13. The average Bonchev–Trinajstić information content (AvgIpc) is 3.73. The van der Waals surface area contributed by atoms with Crippen molar-refractivity contribution in [1.29, 1.82) is 0 Å². The van der Waals surface area contributed by atoms with Crippen molar-refractivity contribution in [3.63, 3.8) is 0 Å². The summed E-state index contributed by atoms with van der Waals surface area (Å²) in [6.07, 6.45) is 6.65. The molecule has 0 N–H and O–H groups in total. The van der Waals surface area contributed by atoms with Gasteiger partial charge in [-0.25, -0.2) is 0 Å². The van der Waals surface area contributed by atoms with Crippen LogP contribution in [-0.4, -0.2) is 9.13 Å². The van der Waals surface area contributed by atoms with E-state index < -0.39 is 0 Å². The predicted octanol–water partition coefficient (Wildman–Crippen LogP) is 12.7. The molecule has 1 aliphatic rings. The normalized spacial score (nSPS) is 12.8. The van der Waals surface area contributed by atoms with Crippen LogP contribution < -0.4 is 5.43 Å². The van der Waals surface area contributed by atoms with Gasteiger partial charge in [0.1, 0.15) is 0 Å². The number of para-hydroxylation sites is 3. The van der Waals surface area contributed by atoms with E-state index in [1.54, 1.807) is 11.3 Å². The van der Waals surface area contributed by atoms with Gasteiger partial charge >= 0.3 is 0 Å². The van der Waals surface area contributed by atoms with Crippen LogP contribution in [0.15, 0.2) is 169 Å². The number of rotatable bonds is 4. The summed E-state index contributed by atoms with van der Waals surface area (Å²) in [5.41, 5.74) is 13.2. The van der Waals surface area contributed by atoms with E-state index in [-0.39, 0.29) is 5.43 Å². The number of fused-ring (bicyclic) bond motifs is 8. The van der Waals surface area contributed by atoms with Gasteiger partial charge in [-0.1, -0.05) is 91.0 Å². The second-order valence-corrected chi connectivity index (χ2v) is 15.1. The zero-order valence-corrected chi connectivity index (χ0v) is 29.6. The molecular formula is C49H32N2OS. The smallest absolute Gasteiger partial charge is 0.195 e. The van der Waals surface area contributed by atoms with Crippen LogP contribution in [0.4, 0.5) is 0 Å². The zero-order chi connectivity index (χ0) is 35.0. The summed E-state index contributed by atoms with van der Waals surface area (Å²) in [6.45, 7) is 0. The van der Waals surface area contributed by atoms with Gasteiger partial charge in [0.15, 0.2) is 5.43 Å². The molecule has 250 valence electrons. The molecule has 4 heteroatoms. The fraction of sp³-hybridized carbons (Fsp3) is 0.0408. The fourth-order valence-electron chi connectivity index (χ4n) is 8.49. The highest BCUT2D eigenvalue weighted by molar-refractivity contribution is 7.24. The van der Waals surface area contributed by atoms with E-state index in [0.29, 0.717) is 0 Å². The molecule has 53 heavy (non-hydrogen) atoms. The van der Waals surface area contributed by atoms with Crippen molar-refractivity contribution in [2.75, 3.05) is 0 Å². The molecule has 3 heterocycles. The number of hydrogen-bond donors (Lipinski definition) is 0. The van der Waals surface area contributed by atoms with Crippen molar-refractivity contribution < 1.29 is 0 Å². The lowest BCUT2D eigenvalue weighted by Crippen LogP contribution is -2.02. The largest absolute Gasteiger partial charge is 0.313 e. The molecule has 0 bridgehead atoms. The zero-order valence-electron chi connectivity index (χ0n) is 28.8. The Balaban J connectivity index is 1.03. The topological polar surface area (TPSA) is 26.9 Å². The lowest BCUT2D eigenvalue weighted by atomic mass is 9.98. The standard InChI is InChI=1S/C49H32N2OS/c52-49-39-23-19-33(31-21-25-45-41(27-31)37-15-7-9-17-43(37)50(45)35-11-3-1-4-12-35)29-47(39)53-48-30-34(20-24-40(48)49)32-22-26-46-42(28-32)38-16-8-10-18-44(38)51(46)36-13-5-2-6-14-36/h1-9,11-17,19-30H,10,18H2. The Kier molecular flexibility index (Phi) is 6.70. The minimum absolute atomic E-state index is 0.0860. The van der Waals surface area contributed by atoms with Crippen LogP contribution in [0.1, 0.15) is 17.7 Å². The second-order valence-electron chi connectivity index (χ2n) is 14.0. The van der Waals surface area contributed by atoms with E-state index in [1.165, 1.54) is 49.7 Å². The Labute approximate surface area is 309 Å². The Morgan fingerprint density at radius 1 is 0.453 bits per heavy atom. The minimum Gasteiger partial charge on any atom is -0.313 e. The Hall–Kier alpha value is -6.49. The van der Waals surface area contributed by atoms with Crippen molar-refractivity contribution in [3.8, 4) is 33.6 Å². The van der Waals surface area contributed by atoms with E-state index >= 15 is 0 Å². The molecule has 0 fully saturated rings. The summed E-state index contributed by atoms with van der Waals surface area (Å²) in [5, 5.41) is 5.24. The molecule has 0 saturated carbocycles. The number of allylic oxidation sites excluding steroid dienone is 1. The van der Waals surface area contributed by atoms with Crippen LogP contribution >= 0.6 is 11.3 Å². The average molecular weight is 697 g/mol. The van der Waals surface area contributed by atoms with Crippen LogP contribution in [0.5, 0.6) is 0 Å². The Bertz CT molecular complexity index is 3180. The van der Waals surface area contributed by atoms with Crippen LogP contribution in [0.2, 0.25) is 0 Å². The number of aromatic nitrogens is 2. The molecule has 10 aromatic rings. The molecule has 0 saturated heterocycles. The highest BCUT2D eigenvalue weighted by Crippen LogP contribution is 2.39. The van der Waals surface area contributed by atoms with Gasteiger partial charge in [-0.05, 0) is 114 Å². The number of benzene rings is 7. The Morgan fingerprint density at radius 3 is 1.66 bits per heavy atom. The van der Waals surface area contributed by atoms with E-state index in [1.807, 2.05) is 12.1 Å². The first-order valence-electron chi connectivity index (χ1n) is 18.2. The summed E-state index contributed by atoms with van der Waals surface area (Å²) in [6, 6.07) is 56.0. The first-order valence-corrected chi connectivity index (χ1v) is 19.0. The van der Waals surface area contributed by atoms with Gasteiger partial charge in [-0.3, -0.25) is 4.79 Å².